The fourth-order valence-electron chi connectivity index (χ4n) is 4.04. The van der Waals surface area contributed by atoms with Crippen LogP contribution in [0.5, 0.6) is 0 Å². The minimum absolute atomic E-state index is 0.137. The molecule has 3 rings (SSSR count). The fraction of sp³-hybridized carbons (Fsp3) is 0.588. The zero-order chi connectivity index (χ0) is 14.2. The van der Waals surface area contributed by atoms with Crippen LogP contribution in [0.1, 0.15) is 37.7 Å². The summed E-state index contributed by atoms with van der Waals surface area (Å²) >= 11 is 0. The molecular formula is C17H24N2O. The van der Waals surface area contributed by atoms with Gasteiger partial charge in [-0.15, -0.1) is 0 Å². The Kier molecular flexibility index (Phi) is 3.33. The summed E-state index contributed by atoms with van der Waals surface area (Å²) in [5.41, 5.74) is 1.78. The number of carbonyl (C=O) groups excluding carboxylic acids is 1. The minimum atomic E-state index is 0.137. The van der Waals surface area contributed by atoms with Gasteiger partial charge in [0.2, 0.25) is 5.91 Å². The second-order valence-corrected chi connectivity index (χ2v) is 6.75. The smallest absolute Gasteiger partial charge is 0.220 e. The van der Waals surface area contributed by atoms with Crippen molar-refractivity contribution in [3.05, 3.63) is 35.9 Å². The maximum absolute atomic E-state index is 11.6. The van der Waals surface area contributed by atoms with Gasteiger partial charge in [0, 0.05) is 18.5 Å². The molecule has 0 unspecified atom stereocenters. The van der Waals surface area contributed by atoms with Crippen molar-refractivity contribution in [2.24, 2.45) is 5.41 Å². The number of carbonyl (C=O) groups is 1. The van der Waals surface area contributed by atoms with Crippen molar-refractivity contribution in [1.82, 2.24) is 10.2 Å². The predicted molar refractivity (Wildman–Crippen MR) is 80.3 cm³/mol. The molecule has 1 aromatic rings. The second kappa shape index (κ2) is 4.88. The lowest BCUT2D eigenvalue weighted by atomic mass is 9.64. The van der Waals surface area contributed by atoms with Crippen molar-refractivity contribution < 1.29 is 4.79 Å². The Morgan fingerprint density at radius 3 is 2.20 bits per heavy atom. The van der Waals surface area contributed by atoms with Crippen LogP contribution >= 0.6 is 0 Å². The van der Waals surface area contributed by atoms with Crippen molar-refractivity contribution in [1.29, 1.82) is 0 Å². The predicted octanol–water partition coefficient (Wildman–Crippen LogP) is 2.52. The van der Waals surface area contributed by atoms with E-state index in [1.54, 1.807) is 0 Å². The van der Waals surface area contributed by atoms with E-state index in [1.807, 2.05) is 0 Å². The van der Waals surface area contributed by atoms with Crippen LogP contribution in [0.25, 0.3) is 0 Å². The van der Waals surface area contributed by atoms with E-state index < -0.39 is 0 Å². The van der Waals surface area contributed by atoms with Crippen LogP contribution in [0.15, 0.2) is 30.3 Å². The van der Waals surface area contributed by atoms with Gasteiger partial charge >= 0.3 is 0 Å². The molecule has 0 aromatic heterocycles. The second-order valence-electron chi connectivity index (χ2n) is 6.75. The Labute approximate surface area is 121 Å². The molecule has 1 saturated heterocycles. The van der Waals surface area contributed by atoms with Crippen LogP contribution in [-0.2, 0) is 10.3 Å². The maximum Gasteiger partial charge on any atom is 0.220 e. The average Bonchev–Trinajstić information content (AvgIpc) is 2.82. The first-order valence-corrected chi connectivity index (χ1v) is 7.56. The van der Waals surface area contributed by atoms with Gasteiger partial charge in [-0.2, -0.15) is 0 Å². The standard InChI is InChI=1S/C17H24N2O/c1-19(2)17(14-6-4-3-5-7-14)10-8-16(9-11-17)12-15(20)18-13-16/h3-7H,8-13H2,1-2H3,(H,18,20)/t16-,17-. The number of amides is 1. The molecule has 1 heterocycles. The number of nitrogens with zero attached hydrogens (tertiary/aromatic N) is 1. The highest BCUT2D eigenvalue weighted by molar-refractivity contribution is 5.79. The highest BCUT2D eigenvalue weighted by Gasteiger charge is 2.47. The van der Waals surface area contributed by atoms with Crippen molar-refractivity contribution in [2.45, 2.75) is 37.6 Å². The lowest BCUT2D eigenvalue weighted by Gasteiger charge is -2.48. The van der Waals surface area contributed by atoms with Crippen molar-refractivity contribution in [3.8, 4) is 0 Å². The summed E-state index contributed by atoms with van der Waals surface area (Å²) in [6.07, 6.45) is 5.28. The van der Waals surface area contributed by atoms with Gasteiger partial charge in [0.25, 0.3) is 0 Å². The Morgan fingerprint density at radius 1 is 1.05 bits per heavy atom. The van der Waals surface area contributed by atoms with Crippen LogP contribution in [0.2, 0.25) is 0 Å². The van der Waals surface area contributed by atoms with Crippen LogP contribution in [0.4, 0.5) is 0 Å². The third-order valence-electron chi connectivity index (χ3n) is 5.50. The summed E-state index contributed by atoms with van der Waals surface area (Å²) in [6, 6.07) is 10.8. The molecule has 1 aliphatic carbocycles. The molecule has 108 valence electrons. The third kappa shape index (κ3) is 2.14. The molecule has 1 aromatic carbocycles. The van der Waals surface area contributed by atoms with Gasteiger partial charge in [0.1, 0.15) is 0 Å². The summed E-state index contributed by atoms with van der Waals surface area (Å²) in [6.45, 7) is 0.879. The van der Waals surface area contributed by atoms with Gasteiger partial charge in [-0.25, -0.2) is 0 Å². The molecule has 1 saturated carbocycles. The zero-order valence-corrected chi connectivity index (χ0v) is 12.5. The monoisotopic (exact) mass is 272 g/mol. The molecule has 0 radical (unpaired) electrons. The molecular weight excluding hydrogens is 248 g/mol. The molecule has 0 bridgehead atoms. The van der Waals surface area contributed by atoms with Gasteiger partial charge in [0.05, 0.1) is 0 Å². The molecule has 2 fully saturated rings. The Hall–Kier alpha value is -1.35. The first-order chi connectivity index (χ1) is 9.56. The highest BCUT2D eigenvalue weighted by Crippen LogP contribution is 2.50. The quantitative estimate of drug-likeness (QED) is 0.897. The van der Waals surface area contributed by atoms with Gasteiger partial charge in [-0.1, -0.05) is 30.3 Å². The van der Waals surface area contributed by atoms with Gasteiger partial charge in [-0.3, -0.25) is 9.69 Å². The SMILES string of the molecule is CN(C)[C@]1(c2ccccc2)CC[C@]2(CC1)CNC(=O)C2. The summed E-state index contributed by atoms with van der Waals surface area (Å²) in [7, 11) is 4.37. The molecule has 3 nitrogen and oxygen atoms in total. The van der Waals surface area contributed by atoms with E-state index in [2.05, 4.69) is 54.6 Å². The maximum atomic E-state index is 11.6. The van der Waals surface area contributed by atoms with Crippen LogP contribution in [-0.4, -0.2) is 31.4 Å². The molecule has 1 amide bonds. The summed E-state index contributed by atoms with van der Waals surface area (Å²) < 4.78 is 0. The number of rotatable bonds is 2. The van der Waals surface area contributed by atoms with Crippen molar-refractivity contribution in [3.63, 3.8) is 0 Å². The number of nitrogens with one attached hydrogen (secondary N) is 1. The van der Waals surface area contributed by atoms with E-state index in [1.165, 1.54) is 5.56 Å². The van der Waals surface area contributed by atoms with E-state index in [4.69, 9.17) is 0 Å². The van der Waals surface area contributed by atoms with Crippen LogP contribution in [0, 0.1) is 5.41 Å². The van der Waals surface area contributed by atoms with Gasteiger partial charge in [0.15, 0.2) is 0 Å². The Bertz CT molecular complexity index is 487. The first kappa shape index (κ1) is 13.6. The zero-order valence-electron chi connectivity index (χ0n) is 12.5. The lowest BCUT2D eigenvalue weighted by Crippen LogP contribution is -2.47. The highest BCUT2D eigenvalue weighted by atomic mass is 16.1. The molecule has 1 spiro atoms. The molecule has 2 aliphatic rings. The minimum Gasteiger partial charge on any atom is -0.356 e. The fourth-order valence-corrected chi connectivity index (χ4v) is 4.04. The molecule has 1 N–H and O–H groups in total. The summed E-state index contributed by atoms with van der Waals surface area (Å²) in [5, 5.41) is 3.02. The Morgan fingerprint density at radius 2 is 1.70 bits per heavy atom. The Balaban J connectivity index is 1.84. The number of hydrogen-bond donors (Lipinski definition) is 1. The molecule has 0 atom stereocenters. The van der Waals surface area contributed by atoms with E-state index in [0.717, 1.165) is 38.6 Å². The summed E-state index contributed by atoms with van der Waals surface area (Å²) in [5.74, 6) is 0.238. The topological polar surface area (TPSA) is 32.3 Å². The van der Waals surface area contributed by atoms with Crippen LogP contribution < -0.4 is 5.32 Å². The average molecular weight is 272 g/mol. The molecule has 1 aliphatic heterocycles. The van der Waals surface area contributed by atoms with E-state index in [9.17, 15) is 4.79 Å². The van der Waals surface area contributed by atoms with E-state index in [-0.39, 0.29) is 16.9 Å². The normalized spacial score (nSPS) is 33.6. The molecule has 20 heavy (non-hydrogen) atoms. The van der Waals surface area contributed by atoms with Gasteiger partial charge in [-0.05, 0) is 50.8 Å². The molecule has 3 heteroatoms. The largest absolute Gasteiger partial charge is 0.356 e. The van der Waals surface area contributed by atoms with Gasteiger partial charge < -0.3 is 5.32 Å². The van der Waals surface area contributed by atoms with Crippen LogP contribution in [0.3, 0.4) is 0 Å². The third-order valence-corrected chi connectivity index (χ3v) is 5.50. The number of benzene rings is 1. The van der Waals surface area contributed by atoms with Crippen molar-refractivity contribution >= 4 is 5.91 Å². The van der Waals surface area contributed by atoms with E-state index >= 15 is 0 Å². The van der Waals surface area contributed by atoms with Crippen molar-refractivity contribution in [2.75, 3.05) is 20.6 Å². The first-order valence-electron chi connectivity index (χ1n) is 7.56. The number of hydrogen-bond acceptors (Lipinski definition) is 2. The lowest BCUT2D eigenvalue weighted by molar-refractivity contribution is -0.120. The summed E-state index contributed by atoms with van der Waals surface area (Å²) in [4.78, 5) is 13.9. The van der Waals surface area contributed by atoms with E-state index in [0.29, 0.717) is 0 Å².